The van der Waals surface area contributed by atoms with E-state index in [1.165, 1.54) is 6.42 Å². The molecule has 0 radical (unpaired) electrons. The Hall–Kier alpha value is -0.870. The van der Waals surface area contributed by atoms with Crippen LogP contribution in [0.25, 0.3) is 0 Å². The number of carbonyl (C=O) groups excluding carboxylic acids is 1. The molecule has 1 heterocycles. The lowest BCUT2D eigenvalue weighted by Crippen LogP contribution is -2.38. The lowest BCUT2D eigenvalue weighted by molar-refractivity contribution is -0.191. The smallest absolute Gasteiger partial charge is 0.355 e. The van der Waals surface area contributed by atoms with Crippen molar-refractivity contribution in [2.45, 2.75) is 52.6 Å². The first-order chi connectivity index (χ1) is 8.38. The standard InChI is InChI=1S/C14H25NO3/c1-11(2)12(14(3,4)17-5)13(16)18-15-9-7-6-8-10-15/h6-10H2,1-5H3. The molecule has 0 N–H and O–H groups in total. The van der Waals surface area contributed by atoms with Gasteiger partial charge in [0.05, 0.1) is 11.2 Å². The SMILES string of the molecule is COC(C)(C)C(C(=O)ON1CCCCC1)=C(C)C. The third kappa shape index (κ3) is 3.82. The van der Waals surface area contributed by atoms with Crippen molar-refractivity contribution in [3.63, 3.8) is 0 Å². The molecular formula is C14H25NO3. The van der Waals surface area contributed by atoms with Crippen molar-refractivity contribution in [2.24, 2.45) is 0 Å². The average molecular weight is 255 g/mol. The molecule has 0 saturated carbocycles. The average Bonchev–Trinajstić information content (AvgIpc) is 2.29. The normalized spacial score (nSPS) is 17.4. The quantitative estimate of drug-likeness (QED) is 0.724. The predicted octanol–water partition coefficient (Wildman–Crippen LogP) is 2.69. The highest BCUT2D eigenvalue weighted by Crippen LogP contribution is 2.25. The largest absolute Gasteiger partial charge is 0.374 e. The summed E-state index contributed by atoms with van der Waals surface area (Å²) >= 11 is 0. The number of ether oxygens (including phenoxy) is 1. The predicted molar refractivity (Wildman–Crippen MR) is 71.0 cm³/mol. The van der Waals surface area contributed by atoms with E-state index in [1.54, 1.807) is 12.2 Å². The summed E-state index contributed by atoms with van der Waals surface area (Å²) < 4.78 is 5.39. The molecule has 0 amide bonds. The number of hydrogen-bond acceptors (Lipinski definition) is 4. The van der Waals surface area contributed by atoms with Crippen LogP contribution in [0.15, 0.2) is 11.1 Å². The zero-order chi connectivity index (χ0) is 13.8. The Labute approximate surface area is 110 Å². The lowest BCUT2D eigenvalue weighted by atomic mass is 9.94. The number of methoxy groups -OCH3 is 1. The maximum Gasteiger partial charge on any atom is 0.355 e. The summed E-state index contributed by atoms with van der Waals surface area (Å²) in [4.78, 5) is 17.7. The van der Waals surface area contributed by atoms with Gasteiger partial charge in [-0.1, -0.05) is 12.0 Å². The zero-order valence-electron chi connectivity index (χ0n) is 12.2. The number of hydrogen-bond donors (Lipinski definition) is 0. The van der Waals surface area contributed by atoms with Crippen LogP contribution in [0.5, 0.6) is 0 Å². The molecule has 0 bridgehead atoms. The monoisotopic (exact) mass is 255 g/mol. The van der Waals surface area contributed by atoms with Gasteiger partial charge in [-0.25, -0.2) is 4.79 Å². The van der Waals surface area contributed by atoms with Crippen molar-refractivity contribution in [2.75, 3.05) is 20.2 Å². The highest BCUT2D eigenvalue weighted by Gasteiger charge is 2.32. The summed E-state index contributed by atoms with van der Waals surface area (Å²) in [6.07, 6.45) is 3.39. The van der Waals surface area contributed by atoms with Crippen molar-refractivity contribution in [1.82, 2.24) is 5.06 Å². The number of hydroxylamine groups is 2. The molecule has 0 aromatic carbocycles. The van der Waals surface area contributed by atoms with E-state index < -0.39 is 5.60 Å². The molecule has 1 saturated heterocycles. The van der Waals surface area contributed by atoms with Gasteiger partial charge in [0.2, 0.25) is 0 Å². The van der Waals surface area contributed by atoms with Gasteiger partial charge in [0.15, 0.2) is 0 Å². The molecule has 1 aliphatic rings. The van der Waals surface area contributed by atoms with E-state index in [0.29, 0.717) is 5.57 Å². The van der Waals surface area contributed by atoms with Crippen molar-refractivity contribution in [3.05, 3.63) is 11.1 Å². The van der Waals surface area contributed by atoms with E-state index in [9.17, 15) is 4.79 Å². The fraction of sp³-hybridized carbons (Fsp3) is 0.786. The van der Waals surface area contributed by atoms with E-state index in [2.05, 4.69) is 0 Å². The van der Waals surface area contributed by atoms with Crippen LogP contribution in [-0.4, -0.2) is 36.8 Å². The van der Waals surface area contributed by atoms with Gasteiger partial charge >= 0.3 is 5.97 Å². The summed E-state index contributed by atoms with van der Waals surface area (Å²) in [5.41, 5.74) is 0.922. The third-order valence-corrected chi connectivity index (χ3v) is 3.34. The van der Waals surface area contributed by atoms with Crippen LogP contribution in [0.3, 0.4) is 0 Å². The van der Waals surface area contributed by atoms with Gasteiger partial charge in [0.25, 0.3) is 0 Å². The van der Waals surface area contributed by atoms with Gasteiger partial charge in [-0.05, 0) is 40.5 Å². The summed E-state index contributed by atoms with van der Waals surface area (Å²) in [5.74, 6) is -0.288. The van der Waals surface area contributed by atoms with Crippen molar-refractivity contribution in [3.8, 4) is 0 Å². The Bertz CT molecular complexity index is 324. The second-order valence-corrected chi connectivity index (χ2v) is 5.46. The first-order valence-electron chi connectivity index (χ1n) is 6.59. The van der Waals surface area contributed by atoms with Crippen LogP contribution in [0, 0.1) is 0 Å². The molecule has 0 aliphatic carbocycles. The number of rotatable bonds is 4. The molecule has 1 fully saturated rings. The van der Waals surface area contributed by atoms with Crippen molar-refractivity contribution < 1.29 is 14.4 Å². The number of nitrogens with zero attached hydrogens (tertiary/aromatic N) is 1. The molecule has 4 heteroatoms. The molecule has 0 spiro atoms. The van der Waals surface area contributed by atoms with Gasteiger partial charge < -0.3 is 9.57 Å². The molecule has 1 aliphatic heterocycles. The lowest BCUT2D eigenvalue weighted by Gasteiger charge is -2.30. The van der Waals surface area contributed by atoms with E-state index in [-0.39, 0.29) is 5.97 Å². The number of carbonyl (C=O) groups is 1. The minimum absolute atomic E-state index is 0.288. The highest BCUT2D eigenvalue weighted by molar-refractivity contribution is 5.91. The minimum atomic E-state index is -0.619. The van der Waals surface area contributed by atoms with Crippen LogP contribution in [0.4, 0.5) is 0 Å². The van der Waals surface area contributed by atoms with Crippen LogP contribution >= 0.6 is 0 Å². The Morgan fingerprint density at radius 2 is 1.67 bits per heavy atom. The van der Waals surface area contributed by atoms with Crippen LogP contribution in [0.1, 0.15) is 47.0 Å². The van der Waals surface area contributed by atoms with Gasteiger partial charge in [-0.2, -0.15) is 0 Å². The maximum atomic E-state index is 12.3. The van der Waals surface area contributed by atoms with E-state index >= 15 is 0 Å². The van der Waals surface area contributed by atoms with Gasteiger partial charge in [0.1, 0.15) is 0 Å². The second kappa shape index (κ2) is 6.34. The fourth-order valence-corrected chi connectivity index (χ4v) is 2.27. The summed E-state index contributed by atoms with van der Waals surface area (Å²) in [6, 6.07) is 0. The number of allylic oxidation sites excluding steroid dienone is 1. The van der Waals surface area contributed by atoms with E-state index in [1.807, 2.05) is 27.7 Å². The Morgan fingerprint density at radius 3 is 2.11 bits per heavy atom. The maximum absolute atomic E-state index is 12.3. The molecule has 0 unspecified atom stereocenters. The van der Waals surface area contributed by atoms with Crippen LogP contribution in [-0.2, 0) is 14.4 Å². The number of piperidine rings is 1. The first-order valence-corrected chi connectivity index (χ1v) is 6.59. The van der Waals surface area contributed by atoms with Crippen LogP contribution in [0.2, 0.25) is 0 Å². The Balaban J connectivity index is 2.76. The second-order valence-electron chi connectivity index (χ2n) is 5.46. The molecule has 18 heavy (non-hydrogen) atoms. The first kappa shape index (κ1) is 15.2. The molecule has 1 rings (SSSR count). The molecule has 0 atom stereocenters. The Morgan fingerprint density at radius 1 is 1.11 bits per heavy atom. The summed E-state index contributed by atoms with van der Waals surface area (Å²) in [7, 11) is 1.61. The van der Waals surface area contributed by atoms with Gasteiger partial charge in [-0.3, -0.25) is 0 Å². The minimum Gasteiger partial charge on any atom is -0.374 e. The molecule has 0 aromatic rings. The highest BCUT2D eigenvalue weighted by atomic mass is 16.7. The van der Waals surface area contributed by atoms with Crippen molar-refractivity contribution in [1.29, 1.82) is 0 Å². The van der Waals surface area contributed by atoms with E-state index in [0.717, 1.165) is 31.5 Å². The van der Waals surface area contributed by atoms with E-state index in [4.69, 9.17) is 9.57 Å². The topological polar surface area (TPSA) is 38.8 Å². The van der Waals surface area contributed by atoms with Gasteiger partial charge in [0, 0.05) is 20.2 Å². The fourth-order valence-electron chi connectivity index (χ4n) is 2.27. The third-order valence-electron chi connectivity index (χ3n) is 3.34. The molecule has 0 aromatic heterocycles. The van der Waals surface area contributed by atoms with Crippen molar-refractivity contribution >= 4 is 5.97 Å². The van der Waals surface area contributed by atoms with Crippen LogP contribution < -0.4 is 0 Å². The molecule has 4 nitrogen and oxygen atoms in total. The summed E-state index contributed by atoms with van der Waals surface area (Å²) in [6.45, 7) is 9.24. The zero-order valence-corrected chi connectivity index (χ0v) is 12.2. The summed E-state index contributed by atoms with van der Waals surface area (Å²) in [5, 5.41) is 1.76. The molecule has 104 valence electrons. The Kier molecular flexibility index (Phi) is 5.35. The van der Waals surface area contributed by atoms with Gasteiger partial charge in [-0.15, -0.1) is 5.06 Å². The molecular weight excluding hydrogens is 230 g/mol.